The van der Waals surface area contributed by atoms with Gasteiger partial charge in [0.25, 0.3) is 0 Å². The number of ether oxygens (including phenoxy) is 2. The van der Waals surface area contributed by atoms with Crippen LogP contribution < -0.4 is 9.47 Å². The monoisotopic (exact) mass is 595 g/mol. The summed E-state index contributed by atoms with van der Waals surface area (Å²) in [5.74, 6) is -0.351. The molecule has 0 aliphatic carbocycles. The highest BCUT2D eigenvalue weighted by Gasteiger charge is 2.18. The highest BCUT2D eigenvalue weighted by molar-refractivity contribution is 7.91. The molecule has 1 atom stereocenters. The van der Waals surface area contributed by atoms with E-state index in [0.717, 1.165) is 11.1 Å². The Balaban J connectivity index is 1.37. The third kappa shape index (κ3) is 8.80. The fourth-order valence-corrected chi connectivity index (χ4v) is 5.60. The maximum absolute atomic E-state index is 13.0. The number of nitrogens with zero attached hydrogens (tertiary/aromatic N) is 1. The number of aliphatic hydroxyl groups is 1. The van der Waals surface area contributed by atoms with Crippen LogP contribution in [0.3, 0.4) is 0 Å². The van der Waals surface area contributed by atoms with Gasteiger partial charge < -0.3 is 19.7 Å². The minimum atomic E-state index is -3.79. The van der Waals surface area contributed by atoms with Crippen LogP contribution in [-0.2, 0) is 21.2 Å². The number of aliphatic hydroxyl groups excluding tert-OH is 1. The van der Waals surface area contributed by atoms with Crippen LogP contribution in [0.25, 0.3) is 0 Å². The van der Waals surface area contributed by atoms with Crippen LogP contribution in [0.2, 0.25) is 5.02 Å². The smallest absolute Gasteiger partial charge is 0.341 e. The Morgan fingerprint density at radius 2 is 1.44 bits per heavy atom. The van der Waals surface area contributed by atoms with E-state index < -0.39 is 28.5 Å². The number of carbonyl (C=O) groups is 1. The van der Waals surface area contributed by atoms with Crippen molar-refractivity contribution >= 4 is 27.4 Å². The van der Waals surface area contributed by atoms with Gasteiger partial charge in [-0.1, -0.05) is 54.1 Å². The van der Waals surface area contributed by atoms with Crippen molar-refractivity contribution in [2.75, 3.05) is 26.3 Å². The molecule has 0 aromatic heterocycles. The van der Waals surface area contributed by atoms with E-state index in [4.69, 9.17) is 26.2 Å². The van der Waals surface area contributed by atoms with Crippen LogP contribution in [0.15, 0.2) is 113 Å². The van der Waals surface area contributed by atoms with Gasteiger partial charge in [-0.2, -0.15) is 0 Å². The fourth-order valence-electron chi connectivity index (χ4n) is 4.14. The van der Waals surface area contributed by atoms with Gasteiger partial charge in [0.15, 0.2) is 6.61 Å². The van der Waals surface area contributed by atoms with Gasteiger partial charge in [0.2, 0.25) is 9.84 Å². The molecule has 41 heavy (non-hydrogen) atoms. The van der Waals surface area contributed by atoms with E-state index in [1.807, 2.05) is 36.4 Å². The van der Waals surface area contributed by atoms with Crippen molar-refractivity contribution in [3.8, 4) is 11.5 Å². The fraction of sp³-hybridized carbons (Fsp3) is 0.194. The predicted molar refractivity (Wildman–Crippen MR) is 155 cm³/mol. The molecule has 0 unspecified atom stereocenters. The molecule has 0 heterocycles. The zero-order valence-electron chi connectivity index (χ0n) is 22.1. The van der Waals surface area contributed by atoms with Gasteiger partial charge in [-0.15, -0.1) is 0 Å². The second-order valence-electron chi connectivity index (χ2n) is 9.27. The number of carboxylic acid groups (broad SMARTS) is 1. The van der Waals surface area contributed by atoms with Gasteiger partial charge in [0, 0.05) is 24.7 Å². The van der Waals surface area contributed by atoms with Gasteiger partial charge in [-0.05, 0) is 71.8 Å². The molecule has 4 aromatic carbocycles. The standard InChI is InChI=1S/C31H30ClNO7S/c32-25-8-4-7-24(19-25)30(34)21-33(20-23-5-2-1-3-6-23)17-18-39-26-9-13-28(14-10-26)41(37,38)29-15-11-27(12-16-29)40-22-31(35)36/h1-16,19,30,34H,17-18,20-22H2,(H,35,36)/t30-/m0/s1. The number of hydrogen-bond acceptors (Lipinski definition) is 7. The minimum Gasteiger partial charge on any atom is -0.492 e. The molecule has 214 valence electrons. The van der Waals surface area contributed by atoms with Crippen molar-refractivity contribution in [1.29, 1.82) is 0 Å². The number of benzene rings is 4. The van der Waals surface area contributed by atoms with E-state index in [0.29, 0.717) is 37.0 Å². The van der Waals surface area contributed by atoms with Gasteiger partial charge in [-0.25, -0.2) is 13.2 Å². The summed E-state index contributed by atoms with van der Waals surface area (Å²) in [7, 11) is -3.79. The van der Waals surface area contributed by atoms with Crippen LogP contribution >= 0.6 is 11.6 Å². The molecule has 10 heteroatoms. The molecule has 2 N–H and O–H groups in total. The molecule has 0 bridgehead atoms. The predicted octanol–water partition coefficient (Wildman–Crippen LogP) is 5.25. The molecule has 0 spiro atoms. The van der Waals surface area contributed by atoms with Crippen LogP contribution in [-0.4, -0.2) is 55.8 Å². The van der Waals surface area contributed by atoms with E-state index in [1.165, 1.54) is 36.4 Å². The first-order valence-electron chi connectivity index (χ1n) is 12.8. The van der Waals surface area contributed by atoms with Crippen molar-refractivity contribution < 1.29 is 32.9 Å². The van der Waals surface area contributed by atoms with Crippen LogP contribution in [0.4, 0.5) is 0 Å². The lowest BCUT2D eigenvalue weighted by atomic mass is 10.1. The first-order chi connectivity index (χ1) is 19.7. The maximum atomic E-state index is 13.0. The molecule has 8 nitrogen and oxygen atoms in total. The lowest BCUT2D eigenvalue weighted by Crippen LogP contribution is -2.32. The molecule has 0 saturated heterocycles. The van der Waals surface area contributed by atoms with Gasteiger partial charge in [0.1, 0.15) is 18.1 Å². The topological polar surface area (TPSA) is 113 Å². The summed E-state index contributed by atoms with van der Waals surface area (Å²) < 4.78 is 37.0. The van der Waals surface area contributed by atoms with Gasteiger partial charge in [0.05, 0.1) is 15.9 Å². The Bertz CT molecular complexity index is 1530. The summed E-state index contributed by atoms with van der Waals surface area (Å²) >= 11 is 6.10. The molecule has 0 radical (unpaired) electrons. The first kappa shape index (κ1) is 30.1. The van der Waals surface area contributed by atoms with Crippen LogP contribution in [0.5, 0.6) is 11.5 Å². The quantitative estimate of drug-likeness (QED) is 0.203. The largest absolute Gasteiger partial charge is 0.492 e. The highest BCUT2D eigenvalue weighted by atomic mass is 35.5. The Labute approximate surface area is 244 Å². The normalized spacial score (nSPS) is 12.2. The van der Waals surface area contributed by atoms with E-state index in [2.05, 4.69) is 4.90 Å². The van der Waals surface area contributed by atoms with Crippen molar-refractivity contribution in [3.63, 3.8) is 0 Å². The zero-order valence-corrected chi connectivity index (χ0v) is 23.7. The van der Waals surface area contributed by atoms with E-state index >= 15 is 0 Å². The Morgan fingerprint density at radius 1 is 0.829 bits per heavy atom. The van der Waals surface area contributed by atoms with E-state index in [1.54, 1.807) is 30.3 Å². The third-order valence-corrected chi connectivity index (χ3v) is 8.24. The third-order valence-electron chi connectivity index (χ3n) is 6.22. The lowest BCUT2D eigenvalue weighted by Gasteiger charge is -2.25. The molecule has 0 aliphatic heterocycles. The molecular weight excluding hydrogens is 566 g/mol. The first-order valence-corrected chi connectivity index (χ1v) is 14.7. The Morgan fingerprint density at radius 3 is 2.02 bits per heavy atom. The Hall–Kier alpha value is -3.89. The molecule has 0 aliphatic rings. The van der Waals surface area contributed by atoms with Crippen molar-refractivity contribution in [2.45, 2.75) is 22.4 Å². The lowest BCUT2D eigenvalue weighted by molar-refractivity contribution is -0.139. The van der Waals surface area contributed by atoms with Crippen molar-refractivity contribution in [2.24, 2.45) is 0 Å². The van der Waals surface area contributed by atoms with Gasteiger partial charge >= 0.3 is 5.97 Å². The maximum Gasteiger partial charge on any atom is 0.341 e. The van der Waals surface area contributed by atoms with Crippen molar-refractivity contribution in [3.05, 3.63) is 119 Å². The molecule has 4 rings (SSSR count). The summed E-state index contributed by atoms with van der Waals surface area (Å²) in [5.41, 5.74) is 1.83. The number of carboxylic acids is 1. The zero-order chi connectivity index (χ0) is 29.2. The summed E-state index contributed by atoms with van der Waals surface area (Å²) in [4.78, 5) is 12.9. The second kappa shape index (κ2) is 14.1. The average Bonchev–Trinajstić information content (AvgIpc) is 2.97. The number of rotatable bonds is 14. The summed E-state index contributed by atoms with van der Waals surface area (Å²) in [6, 6.07) is 28.8. The van der Waals surface area contributed by atoms with Crippen molar-refractivity contribution in [1.82, 2.24) is 4.90 Å². The molecule has 0 fully saturated rings. The minimum absolute atomic E-state index is 0.0589. The summed E-state index contributed by atoms with van der Waals surface area (Å²) in [6.07, 6.45) is -0.736. The average molecular weight is 596 g/mol. The Kier molecular flexibility index (Phi) is 10.4. The second-order valence-corrected chi connectivity index (χ2v) is 11.7. The van der Waals surface area contributed by atoms with E-state index in [-0.39, 0.29) is 15.5 Å². The van der Waals surface area contributed by atoms with Gasteiger partial charge in [-0.3, -0.25) is 4.90 Å². The number of halogens is 1. The van der Waals surface area contributed by atoms with Crippen LogP contribution in [0.1, 0.15) is 17.2 Å². The number of hydrogen-bond donors (Lipinski definition) is 2. The molecule has 0 saturated carbocycles. The van der Waals surface area contributed by atoms with E-state index in [9.17, 15) is 18.3 Å². The summed E-state index contributed by atoms with van der Waals surface area (Å²) in [6.45, 7) is 1.30. The SMILES string of the molecule is O=C(O)COc1ccc(S(=O)(=O)c2ccc(OCCN(Cc3ccccc3)C[C@H](O)c3cccc(Cl)c3)cc2)cc1. The number of aliphatic carboxylic acids is 1. The molecule has 0 amide bonds. The molecule has 4 aromatic rings. The number of sulfone groups is 1. The molecular formula is C31H30ClNO7S. The highest BCUT2D eigenvalue weighted by Crippen LogP contribution is 2.25. The summed E-state index contributed by atoms with van der Waals surface area (Å²) in [5, 5.41) is 20.1. The van der Waals surface area contributed by atoms with Crippen LogP contribution in [0, 0.1) is 0 Å².